The lowest BCUT2D eigenvalue weighted by Gasteiger charge is -2.43. The summed E-state index contributed by atoms with van der Waals surface area (Å²) in [4.78, 5) is 21.4. The second kappa shape index (κ2) is 8.36. The molecule has 4 rings (SSSR count). The van der Waals surface area contributed by atoms with Crippen molar-refractivity contribution in [2.24, 2.45) is 23.5 Å². The highest BCUT2D eigenvalue weighted by Crippen LogP contribution is 2.42. The van der Waals surface area contributed by atoms with E-state index in [1.807, 2.05) is 37.3 Å². The predicted molar refractivity (Wildman–Crippen MR) is 110 cm³/mol. The summed E-state index contributed by atoms with van der Waals surface area (Å²) in [6.07, 6.45) is 7.21. The van der Waals surface area contributed by atoms with Gasteiger partial charge in [0.2, 0.25) is 5.91 Å². The van der Waals surface area contributed by atoms with Crippen LogP contribution in [0.3, 0.4) is 0 Å². The van der Waals surface area contributed by atoms with Gasteiger partial charge in [-0.15, -0.1) is 12.4 Å². The van der Waals surface area contributed by atoms with Crippen LogP contribution in [0.4, 0.5) is 5.69 Å². The molecule has 2 fully saturated rings. The number of aromatic nitrogens is 2. The first-order valence-electron chi connectivity index (χ1n) is 9.56. The summed E-state index contributed by atoms with van der Waals surface area (Å²) in [5.41, 5.74) is 9.02. The minimum absolute atomic E-state index is 0. The SMILES string of the molecule is Cc1nccc(-c2cccc(NC(=O)C3CC4CCCC(C3)C4N)c2)n1.Cl. The Bertz CT molecular complexity index is 798. The normalized spacial score (nSPS) is 26.7. The quantitative estimate of drug-likeness (QED) is 0.836. The first-order chi connectivity index (χ1) is 12.6. The molecule has 0 radical (unpaired) electrons. The molecule has 144 valence electrons. The molecule has 6 heteroatoms. The lowest BCUT2D eigenvalue weighted by Crippen LogP contribution is -2.48. The van der Waals surface area contributed by atoms with Gasteiger partial charge in [0.1, 0.15) is 5.82 Å². The number of carbonyl (C=O) groups is 1. The molecule has 27 heavy (non-hydrogen) atoms. The van der Waals surface area contributed by atoms with Gasteiger partial charge in [-0.3, -0.25) is 4.79 Å². The van der Waals surface area contributed by atoms with Gasteiger partial charge in [0.05, 0.1) is 5.69 Å². The van der Waals surface area contributed by atoms with Gasteiger partial charge < -0.3 is 11.1 Å². The topological polar surface area (TPSA) is 80.9 Å². The molecule has 2 bridgehead atoms. The number of rotatable bonds is 3. The molecule has 3 N–H and O–H groups in total. The molecule has 5 nitrogen and oxygen atoms in total. The Morgan fingerprint density at radius 1 is 1.19 bits per heavy atom. The number of hydrogen-bond acceptors (Lipinski definition) is 4. The number of hydrogen-bond donors (Lipinski definition) is 2. The van der Waals surface area contributed by atoms with Crippen molar-refractivity contribution in [3.63, 3.8) is 0 Å². The number of halogens is 1. The highest BCUT2D eigenvalue weighted by molar-refractivity contribution is 5.93. The van der Waals surface area contributed by atoms with Crippen molar-refractivity contribution >= 4 is 24.0 Å². The molecule has 1 aromatic carbocycles. The molecule has 1 heterocycles. The molecule has 1 aromatic heterocycles. The van der Waals surface area contributed by atoms with Gasteiger partial charge in [-0.25, -0.2) is 9.97 Å². The number of anilines is 1. The van der Waals surface area contributed by atoms with Crippen molar-refractivity contribution < 1.29 is 4.79 Å². The van der Waals surface area contributed by atoms with E-state index in [0.717, 1.165) is 35.6 Å². The molecule has 0 spiro atoms. The predicted octanol–water partition coefficient (Wildman–Crippen LogP) is 3.97. The van der Waals surface area contributed by atoms with E-state index in [-0.39, 0.29) is 30.3 Å². The van der Waals surface area contributed by atoms with E-state index in [2.05, 4.69) is 15.3 Å². The summed E-state index contributed by atoms with van der Waals surface area (Å²) < 4.78 is 0. The molecular formula is C21H27ClN4O. The van der Waals surface area contributed by atoms with Crippen molar-refractivity contribution in [1.82, 2.24) is 9.97 Å². The van der Waals surface area contributed by atoms with E-state index in [0.29, 0.717) is 11.8 Å². The zero-order valence-corrected chi connectivity index (χ0v) is 16.4. The van der Waals surface area contributed by atoms with Crippen molar-refractivity contribution in [3.8, 4) is 11.3 Å². The van der Waals surface area contributed by atoms with Crippen LogP contribution in [0, 0.1) is 24.7 Å². The van der Waals surface area contributed by atoms with Crippen molar-refractivity contribution in [2.75, 3.05) is 5.32 Å². The van der Waals surface area contributed by atoms with Gasteiger partial charge >= 0.3 is 0 Å². The number of nitrogens with two attached hydrogens (primary N) is 1. The molecule has 2 atom stereocenters. The summed E-state index contributed by atoms with van der Waals surface area (Å²) in [5, 5.41) is 3.12. The van der Waals surface area contributed by atoms with Crippen LogP contribution in [0.25, 0.3) is 11.3 Å². The third-order valence-electron chi connectivity index (χ3n) is 5.99. The molecule has 0 aliphatic heterocycles. The van der Waals surface area contributed by atoms with Crippen LogP contribution < -0.4 is 11.1 Å². The highest BCUT2D eigenvalue weighted by atomic mass is 35.5. The zero-order valence-electron chi connectivity index (χ0n) is 15.6. The molecule has 2 aromatic rings. The van der Waals surface area contributed by atoms with E-state index < -0.39 is 0 Å². The van der Waals surface area contributed by atoms with Gasteiger partial charge in [0.25, 0.3) is 0 Å². The molecule has 2 aliphatic carbocycles. The van der Waals surface area contributed by atoms with Gasteiger partial charge in [-0.2, -0.15) is 0 Å². The fraction of sp³-hybridized carbons (Fsp3) is 0.476. The minimum Gasteiger partial charge on any atom is -0.327 e. The summed E-state index contributed by atoms with van der Waals surface area (Å²) in [6, 6.07) is 10.0. The van der Waals surface area contributed by atoms with E-state index >= 15 is 0 Å². The van der Waals surface area contributed by atoms with Crippen LogP contribution in [-0.2, 0) is 4.79 Å². The Morgan fingerprint density at radius 2 is 1.93 bits per heavy atom. The summed E-state index contributed by atoms with van der Waals surface area (Å²) >= 11 is 0. The van der Waals surface area contributed by atoms with Crippen LogP contribution in [0.15, 0.2) is 36.5 Å². The van der Waals surface area contributed by atoms with E-state index in [1.165, 1.54) is 19.3 Å². The second-order valence-electron chi connectivity index (χ2n) is 7.76. The van der Waals surface area contributed by atoms with Crippen molar-refractivity contribution in [2.45, 2.75) is 45.1 Å². The fourth-order valence-corrected chi connectivity index (χ4v) is 4.62. The molecule has 1 amide bonds. The van der Waals surface area contributed by atoms with Gasteiger partial charge in [-0.05, 0) is 62.6 Å². The smallest absolute Gasteiger partial charge is 0.227 e. The first kappa shape index (κ1) is 19.8. The molecule has 2 aliphatic rings. The van der Waals surface area contributed by atoms with Gasteiger partial charge in [-0.1, -0.05) is 18.6 Å². The Kier molecular flexibility index (Phi) is 6.12. The van der Waals surface area contributed by atoms with Crippen molar-refractivity contribution in [1.29, 1.82) is 0 Å². The Hall–Kier alpha value is -1.98. The van der Waals surface area contributed by atoms with Crippen molar-refractivity contribution in [3.05, 3.63) is 42.4 Å². The fourth-order valence-electron chi connectivity index (χ4n) is 4.62. The monoisotopic (exact) mass is 386 g/mol. The number of nitrogens with one attached hydrogen (secondary N) is 1. The standard InChI is InChI=1S/C21H26N4O.ClH/c1-13-23-9-8-19(24-13)14-4-3-7-18(12-14)25-21(26)17-10-15-5-2-6-16(11-17)20(15)22;/h3-4,7-9,12,15-17,20H,2,5-6,10-11,22H2,1H3,(H,25,26);1H. The third-order valence-corrected chi connectivity index (χ3v) is 5.99. The maximum atomic E-state index is 12.8. The van der Waals surface area contributed by atoms with Gasteiger partial charge in [0.15, 0.2) is 0 Å². The Morgan fingerprint density at radius 3 is 2.63 bits per heavy atom. The van der Waals surface area contributed by atoms with Crippen LogP contribution in [0.5, 0.6) is 0 Å². The summed E-state index contributed by atoms with van der Waals surface area (Å²) in [7, 11) is 0. The summed E-state index contributed by atoms with van der Waals surface area (Å²) in [5.74, 6) is 1.96. The number of amides is 1. The molecule has 2 saturated carbocycles. The van der Waals surface area contributed by atoms with Crippen LogP contribution in [0.1, 0.15) is 37.9 Å². The summed E-state index contributed by atoms with van der Waals surface area (Å²) in [6.45, 7) is 1.87. The maximum Gasteiger partial charge on any atom is 0.227 e. The average molecular weight is 387 g/mol. The largest absolute Gasteiger partial charge is 0.327 e. The highest BCUT2D eigenvalue weighted by Gasteiger charge is 2.40. The first-order valence-corrected chi connectivity index (χ1v) is 9.56. The average Bonchev–Trinajstić information content (AvgIpc) is 2.61. The van der Waals surface area contributed by atoms with Gasteiger partial charge in [0, 0.05) is 29.4 Å². The molecule has 0 saturated heterocycles. The number of carbonyl (C=O) groups excluding carboxylic acids is 1. The van der Waals surface area contributed by atoms with Crippen LogP contribution in [0.2, 0.25) is 0 Å². The lowest BCUT2D eigenvalue weighted by atomic mass is 9.65. The third kappa shape index (κ3) is 4.30. The number of fused-ring (bicyclic) bond motifs is 2. The molecule has 2 unspecified atom stereocenters. The second-order valence-corrected chi connectivity index (χ2v) is 7.76. The minimum atomic E-state index is 0. The zero-order chi connectivity index (χ0) is 18.1. The van der Waals surface area contributed by atoms with Crippen LogP contribution in [-0.4, -0.2) is 21.9 Å². The number of aryl methyl sites for hydroxylation is 1. The van der Waals surface area contributed by atoms with E-state index in [9.17, 15) is 4.79 Å². The Labute approximate surface area is 166 Å². The van der Waals surface area contributed by atoms with E-state index in [1.54, 1.807) is 6.20 Å². The lowest BCUT2D eigenvalue weighted by molar-refractivity contribution is -0.122. The number of benzene rings is 1. The number of nitrogens with zero attached hydrogens (tertiary/aromatic N) is 2. The maximum absolute atomic E-state index is 12.8. The van der Waals surface area contributed by atoms with Crippen LogP contribution >= 0.6 is 12.4 Å². The van der Waals surface area contributed by atoms with E-state index in [4.69, 9.17) is 5.73 Å². The molecular weight excluding hydrogens is 360 g/mol. The Balaban J connectivity index is 0.00000210.